The number of nitrogens with zero attached hydrogens (tertiary/aromatic N) is 4. The van der Waals surface area contributed by atoms with Crippen molar-refractivity contribution in [3.63, 3.8) is 0 Å². The van der Waals surface area contributed by atoms with Crippen LogP contribution in [-0.2, 0) is 34.6 Å². The van der Waals surface area contributed by atoms with E-state index < -0.39 is 33.0 Å². The van der Waals surface area contributed by atoms with Crippen LogP contribution in [0.5, 0.6) is 5.75 Å². The Hall–Kier alpha value is -3.37. The van der Waals surface area contributed by atoms with Crippen LogP contribution in [0.25, 0.3) is 0 Å². The summed E-state index contributed by atoms with van der Waals surface area (Å²) in [6.07, 6.45) is 2.47. The summed E-state index contributed by atoms with van der Waals surface area (Å²) < 4.78 is 33.1. The Morgan fingerprint density at radius 3 is 2.09 bits per heavy atom. The summed E-state index contributed by atoms with van der Waals surface area (Å²) in [4.78, 5) is 68.2. The van der Waals surface area contributed by atoms with E-state index in [1.807, 2.05) is 19.0 Å². The molecule has 14 nitrogen and oxygen atoms in total. The van der Waals surface area contributed by atoms with Gasteiger partial charge in [-0.1, -0.05) is 18.6 Å². The third-order valence-corrected chi connectivity index (χ3v) is 9.61. The van der Waals surface area contributed by atoms with Gasteiger partial charge in [-0.05, 0) is 68.8 Å². The minimum Gasteiger partial charge on any atom is -0.445 e. The predicted molar refractivity (Wildman–Crippen MR) is 182 cm³/mol. The number of ether oxygens (including phenoxy) is 2. The molecule has 0 radical (unpaired) electrons. The van der Waals surface area contributed by atoms with Crippen molar-refractivity contribution < 1.29 is 41.9 Å². The average Bonchev–Trinajstić information content (AvgIpc) is 3.00. The first kappa shape index (κ1) is 41.7. The number of carbonyl (C=O) groups excluding carboxylic acids is 5. The number of likely N-dealkylation sites (N-methyl/N-ethyl adjacent to an activating group) is 3. The molecule has 0 saturated carbocycles. The molecule has 0 fully saturated rings. The molecule has 0 aromatic heterocycles. The summed E-state index contributed by atoms with van der Waals surface area (Å²) in [7, 11) is 6.35. The highest BCUT2D eigenvalue weighted by atomic mass is 33.1. The van der Waals surface area contributed by atoms with E-state index in [4.69, 9.17) is 9.47 Å². The number of unbranched alkanes of at least 4 members (excludes halogenated alkanes) is 2. The van der Waals surface area contributed by atoms with Crippen LogP contribution in [0.3, 0.4) is 0 Å². The molecule has 1 rings (SSSR count). The second kappa shape index (κ2) is 21.5. The molecule has 0 saturated heterocycles. The van der Waals surface area contributed by atoms with Crippen LogP contribution in [0.1, 0.15) is 51.0 Å². The molecule has 16 heteroatoms. The highest BCUT2D eigenvalue weighted by molar-refractivity contribution is 8.71. The lowest BCUT2D eigenvalue weighted by Gasteiger charge is -2.27. The molecule has 1 aromatic rings. The van der Waals surface area contributed by atoms with Crippen molar-refractivity contribution in [1.29, 1.82) is 0 Å². The molecule has 266 valence electrons. The number of ketones is 1. The maximum absolute atomic E-state index is 12.9. The second-order valence-corrected chi connectivity index (χ2v) is 16.2. The van der Waals surface area contributed by atoms with E-state index in [9.17, 15) is 32.4 Å². The van der Waals surface area contributed by atoms with Crippen molar-refractivity contribution in [1.82, 2.24) is 24.9 Å². The summed E-state index contributed by atoms with van der Waals surface area (Å²) in [5, 5.41) is 2.75. The van der Waals surface area contributed by atoms with Crippen LogP contribution < -0.4 is 10.1 Å². The number of rotatable bonds is 21. The summed E-state index contributed by atoms with van der Waals surface area (Å²) in [6, 6.07) is 5.70. The number of nitrogens with one attached hydrogen (secondary N) is 1. The molecule has 0 spiro atoms. The number of carbonyl (C=O) groups is 5. The largest absolute Gasteiger partial charge is 0.445 e. The van der Waals surface area contributed by atoms with Crippen molar-refractivity contribution >= 4 is 49.4 Å². The molecular weight excluding hydrogens is 651 g/mol. The van der Waals surface area contributed by atoms with E-state index in [2.05, 4.69) is 5.32 Å². The van der Waals surface area contributed by atoms with E-state index in [-0.39, 0.29) is 37.7 Å². The lowest BCUT2D eigenvalue weighted by molar-refractivity contribution is -0.140. The second-order valence-electron chi connectivity index (χ2n) is 11.6. The fourth-order valence-electron chi connectivity index (χ4n) is 4.06. The van der Waals surface area contributed by atoms with Gasteiger partial charge in [0.05, 0.1) is 0 Å². The molecule has 1 atom stereocenters. The van der Waals surface area contributed by atoms with Gasteiger partial charge in [0.15, 0.2) is 8.87 Å². The number of Topliss-reactive ketones (excluding diaryl/α,β-unsaturated/α-hetero) is 1. The lowest BCUT2D eigenvalue weighted by atomic mass is 10.1. The Morgan fingerprint density at radius 1 is 0.851 bits per heavy atom. The number of hydrogen-bond donors (Lipinski definition) is 1. The van der Waals surface area contributed by atoms with Crippen LogP contribution in [0.2, 0.25) is 0 Å². The van der Waals surface area contributed by atoms with Gasteiger partial charge in [-0.15, -0.1) is 0 Å². The summed E-state index contributed by atoms with van der Waals surface area (Å²) in [6.45, 7) is 3.12. The molecule has 0 aliphatic heterocycles. The minimum atomic E-state index is -3.09. The topological polar surface area (TPSA) is 163 Å². The molecule has 47 heavy (non-hydrogen) atoms. The zero-order valence-corrected chi connectivity index (χ0v) is 30.3. The molecule has 4 amide bonds. The first-order valence-electron chi connectivity index (χ1n) is 15.4. The monoisotopic (exact) mass is 701 g/mol. The zero-order chi connectivity index (χ0) is 35.6. The molecule has 1 N–H and O–H groups in total. The van der Waals surface area contributed by atoms with Crippen LogP contribution >= 0.6 is 10.8 Å². The van der Waals surface area contributed by atoms with E-state index in [1.54, 1.807) is 38.4 Å². The minimum absolute atomic E-state index is 0.0174. The number of benzene rings is 1. The molecule has 1 aromatic carbocycles. The third-order valence-electron chi connectivity index (χ3n) is 6.94. The fourth-order valence-corrected chi connectivity index (χ4v) is 5.95. The maximum Gasteiger partial charge on any atom is 0.415 e. The zero-order valence-electron chi connectivity index (χ0n) is 28.7. The Morgan fingerprint density at radius 2 is 1.49 bits per heavy atom. The lowest BCUT2D eigenvalue weighted by Crippen LogP contribution is -2.49. The quantitative estimate of drug-likeness (QED) is 0.148. The van der Waals surface area contributed by atoms with Gasteiger partial charge in [-0.2, -0.15) is 0 Å². The van der Waals surface area contributed by atoms with Gasteiger partial charge < -0.3 is 34.4 Å². The van der Waals surface area contributed by atoms with Gasteiger partial charge >= 0.3 is 12.2 Å². The fraction of sp³-hybridized carbons (Fsp3) is 0.645. The Kier molecular flexibility index (Phi) is 19.0. The predicted octanol–water partition coefficient (Wildman–Crippen LogP) is 2.81. The van der Waals surface area contributed by atoms with Gasteiger partial charge in [-0.3, -0.25) is 14.4 Å². The number of amides is 4. The van der Waals surface area contributed by atoms with E-state index in [0.717, 1.165) is 17.0 Å². The smallest absolute Gasteiger partial charge is 0.415 e. The van der Waals surface area contributed by atoms with Gasteiger partial charge in [0, 0.05) is 72.2 Å². The molecule has 0 aliphatic rings. The van der Waals surface area contributed by atoms with Crippen molar-refractivity contribution in [3.05, 3.63) is 29.8 Å². The van der Waals surface area contributed by atoms with Gasteiger partial charge in [0.2, 0.25) is 11.8 Å². The van der Waals surface area contributed by atoms with Crippen LogP contribution in [0.15, 0.2) is 24.3 Å². The number of hydrogen-bond acceptors (Lipinski definition) is 11. The molecule has 0 heterocycles. The van der Waals surface area contributed by atoms with Crippen molar-refractivity contribution in [2.45, 2.75) is 58.1 Å². The molecule has 0 bridgehead atoms. The summed E-state index contributed by atoms with van der Waals surface area (Å²) >= 11 is 0. The van der Waals surface area contributed by atoms with Gasteiger partial charge in [0.1, 0.15) is 24.2 Å². The Balaban J connectivity index is 2.44. The van der Waals surface area contributed by atoms with Crippen LogP contribution in [0.4, 0.5) is 9.59 Å². The first-order chi connectivity index (χ1) is 22.0. The molecular formula is C31H51N5O9S2. The van der Waals surface area contributed by atoms with Crippen molar-refractivity contribution in [2.24, 2.45) is 0 Å². The van der Waals surface area contributed by atoms with Crippen molar-refractivity contribution in [2.75, 3.05) is 73.4 Å². The highest BCUT2D eigenvalue weighted by Crippen LogP contribution is 2.16. The van der Waals surface area contributed by atoms with Gasteiger partial charge in [-0.25, -0.2) is 18.0 Å². The molecule has 0 unspecified atom stereocenters. The standard InChI is InChI=1S/C31H51N5O9S2/c1-24(37)22-27(36(6)28(38)12-9-8-10-21-46-47(7,42)43)29(39)32-17-11-18-34(4)30(40)44-23-25-13-15-26(16-14-25)45-31(41)35(5)20-19-33(2)3/h13-16,27H,8-12,17-23H2,1-7H3,(H,32,39)/t27-/m0/s1. The van der Waals surface area contributed by atoms with Crippen LogP contribution in [0, 0.1) is 0 Å². The highest BCUT2D eigenvalue weighted by Gasteiger charge is 2.27. The van der Waals surface area contributed by atoms with Crippen LogP contribution in [-0.4, -0.2) is 137 Å². The first-order valence-corrected chi connectivity index (χ1v) is 18.8. The molecule has 0 aliphatic carbocycles. The third kappa shape index (κ3) is 18.5. The van der Waals surface area contributed by atoms with E-state index in [1.165, 1.54) is 28.7 Å². The summed E-state index contributed by atoms with van der Waals surface area (Å²) in [5.41, 5.74) is 0.709. The Bertz CT molecular complexity index is 1280. The van der Waals surface area contributed by atoms with Crippen molar-refractivity contribution in [3.8, 4) is 5.75 Å². The van der Waals surface area contributed by atoms with E-state index in [0.29, 0.717) is 62.4 Å². The normalized spacial score (nSPS) is 11.8. The summed E-state index contributed by atoms with van der Waals surface area (Å²) in [5.74, 6) is -0.136. The maximum atomic E-state index is 12.9. The van der Waals surface area contributed by atoms with Gasteiger partial charge in [0.25, 0.3) is 0 Å². The SMILES string of the molecule is CC(=O)C[C@@H](C(=O)NCCCN(C)C(=O)OCc1ccc(OC(=O)N(C)CCN(C)C)cc1)N(C)C(=O)CCCCCSS(C)(=O)=O. The Labute approximate surface area is 282 Å². The average molecular weight is 702 g/mol. The van der Waals surface area contributed by atoms with E-state index >= 15 is 0 Å².